The van der Waals surface area contributed by atoms with E-state index in [2.05, 4.69) is 19.4 Å². The number of hydrogen-bond acceptors (Lipinski definition) is 8. The molecule has 21 heavy (non-hydrogen) atoms. The first-order valence-corrected chi connectivity index (χ1v) is 6.37. The highest BCUT2D eigenvalue weighted by Crippen LogP contribution is 2.15. The molecule has 0 spiro atoms. The van der Waals surface area contributed by atoms with Gasteiger partial charge in [-0.1, -0.05) is 0 Å². The lowest BCUT2D eigenvalue weighted by Crippen LogP contribution is -2.37. The van der Waals surface area contributed by atoms with Crippen LogP contribution in [0.4, 0.5) is 5.95 Å². The highest BCUT2D eigenvalue weighted by Gasteiger charge is 2.19. The molecule has 0 atom stereocenters. The second-order valence-electron chi connectivity index (χ2n) is 4.09. The van der Waals surface area contributed by atoms with E-state index in [0.29, 0.717) is 18.2 Å². The minimum Gasteiger partial charge on any atom is -0.478 e. The number of methoxy groups -OCH3 is 2. The molecule has 0 N–H and O–H groups in total. The van der Waals surface area contributed by atoms with Crippen molar-refractivity contribution < 1.29 is 23.8 Å². The second-order valence-corrected chi connectivity index (χ2v) is 4.09. The van der Waals surface area contributed by atoms with Crippen molar-refractivity contribution in [2.75, 3.05) is 38.8 Å². The Morgan fingerprint density at radius 1 is 1.14 bits per heavy atom. The summed E-state index contributed by atoms with van der Waals surface area (Å²) in [6, 6.07) is 1.67. The summed E-state index contributed by atoms with van der Waals surface area (Å²) in [4.78, 5) is 32.7. The van der Waals surface area contributed by atoms with E-state index in [1.807, 2.05) is 6.92 Å². The number of carbonyl (C=O) groups excluding carboxylic acids is 2. The van der Waals surface area contributed by atoms with Crippen LogP contribution in [0.5, 0.6) is 5.88 Å². The van der Waals surface area contributed by atoms with Crippen molar-refractivity contribution in [1.82, 2.24) is 9.97 Å². The molecule has 0 bridgehead atoms. The summed E-state index contributed by atoms with van der Waals surface area (Å²) in [6.07, 6.45) is 0. The van der Waals surface area contributed by atoms with Crippen LogP contribution in [0.1, 0.15) is 12.6 Å². The highest BCUT2D eigenvalue weighted by molar-refractivity contribution is 5.80. The van der Waals surface area contributed by atoms with E-state index in [0.717, 1.165) is 0 Å². The number of aromatic nitrogens is 2. The SMILES string of the molecule is CCOc1cc(C)nc(N(CC(=O)OC)CC(=O)OC)n1. The van der Waals surface area contributed by atoms with Crippen molar-refractivity contribution in [3.63, 3.8) is 0 Å². The Morgan fingerprint density at radius 3 is 2.19 bits per heavy atom. The summed E-state index contributed by atoms with van der Waals surface area (Å²) in [6.45, 7) is 3.71. The van der Waals surface area contributed by atoms with Crippen molar-refractivity contribution in [1.29, 1.82) is 0 Å². The third-order valence-corrected chi connectivity index (χ3v) is 2.49. The third kappa shape index (κ3) is 5.25. The zero-order valence-corrected chi connectivity index (χ0v) is 12.6. The molecular weight excluding hydrogens is 278 g/mol. The molecule has 8 nitrogen and oxygen atoms in total. The van der Waals surface area contributed by atoms with E-state index >= 15 is 0 Å². The van der Waals surface area contributed by atoms with Crippen LogP contribution in [0.15, 0.2) is 6.07 Å². The van der Waals surface area contributed by atoms with E-state index in [1.54, 1.807) is 13.0 Å². The van der Waals surface area contributed by atoms with Crippen molar-refractivity contribution in [3.05, 3.63) is 11.8 Å². The van der Waals surface area contributed by atoms with Crippen LogP contribution < -0.4 is 9.64 Å². The molecule has 0 aliphatic carbocycles. The number of hydrogen-bond donors (Lipinski definition) is 0. The second kappa shape index (κ2) is 8.03. The Bertz CT molecular complexity index is 489. The van der Waals surface area contributed by atoms with Crippen molar-refractivity contribution >= 4 is 17.9 Å². The first-order chi connectivity index (χ1) is 9.99. The minimum absolute atomic E-state index is 0.166. The number of carbonyl (C=O) groups is 2. The largest absolute Gasteiger partial charge is 0.478 e. The van der Waals surface area contributed by atoms with Gasteiger partial charge in [0.25, 0.3) is 0 Å². The van der Waals surface area contributed by atoms with E-state index < -0.39 is 11.9 Å². The first-order valence-electron chi connectivity index (χ1n) is 6.37. The van der Waals surface area contributed by atoms with Crippen LogP contribution >= 0.6 is 0 Å². The van der Waals surface area contributed by atoms with Gasteiger partial charge in [-0.15, -0.1) is 0 Å². The van der Waals surface area contributed by atoms with Crippen molar-refractivity contribution in [2.24, 2.45) is 0 Å². The van der Waals surface area contributed by atoms with Gasteiger partial charge in [0.05, 0.1) is 20.8 Å². The average molecular weight is 297 g/mol. The van der Waals surface area contributed by atoms with Gasteiger partial charge in [-0.25, -0.2) is 4.98 Å². The molecule has 0 saturated heterocycles. The average Bonchev–Trinajstić information content (AvgIpc) is 2.45. The summed E-state index contributed by atoms with van der Waals surface area (Å²) in [7, 11) is 2.53. The van der Waals surface area contributed by atoms with Crippen LogP contribution in [0.3, 0.4) is 0 Å². The fraction of sp³-hybridized carbons (Fsp3) is 0.538. The van der Waals surface area contributed by atoms with E-state index in [9.17, 15) is 9.59 Å². The molecule has 1 rings (SSSR count). The maximum atomic E-state index is 11.5. The summed E-state index contributed by atoms with van der Waals surface area (Å²) >= 11 is 0. The maximum absolute atomic E-state index is 11.5. The Morgan fingerprint density at radius 2 is 1.71 bits per heavy atom. The van der Waals surface area contributed by atoms with E-state index in [1.165, 1.54) is 19.1 Å². The Hall–Kier alpha value is -2.38. The zero-order chi connectivity index (χ0) is 15.8. The fourth-order valence-electron chi connectivity index (χ4n) is 1.53. The Balaban J connectivity index is 3.05. The third-order valence-electron chi connectivity index (χ3n) is 2.49. The van der Waals surface area contributed by atoms with Crippen LogP contribution in [-0.2, 0) is 19.1 Å². The Labute approximate surface area is 123 Å². The monoisotopic (exact) mass is 297 g/mol. The molecule has 0 radical (unpaired) electrons. The van der Waals surface area contributed by atoms with Crippen molar-refractivity contribution in [2.45, 2.75) is 13.8 Å². The minimum atomic E-state index is -0.512. The lowest BCUT2D eigenvalue weighted by atomic mass is 10.4. The van der Waals surface area contributed by atoms with Gasteiger partial charge in [-0.3, -0.25) is 9.59 Å². The topological polar surface area (TPSA) is 90.8 Å². The lowest BCUT2D eigenvalue weighted by molar-refractivity contribution is -0.140. The number of esters is 2. The number of aryl methyl sites for hydroxylation is 1. The van der Waals surface area contributed by atoms with Crippen LogP contribution in [0.25, 0.3) is 0 Å². The van der Waals surface area contributed by atoms with Gasteiger partial charge in [0.2, 0.25) is 11.8 Å². The molecule has 1 aromatic heterocycles. The van der Waals surface area contributed by atoms with E-state index in [-0.39, 0.29) is 19.0 Å². The smallest absolute Gasteiger partial charge is 0.325 e. The molecule has 0 aliphatic heterocycles. The van der Waals surface area contributed by atoms with Gasteiger partial charge in [-0.2, -0.15) is 4.98 Å². The number of rotatable bonds is 7. The molecule has 1 heterocycles. The van der Waals surface area contributed by atoms with Gasteiger partial charge in [0, 0.05) is 11.8 Å². The molecule has 0 amide bonds. The molecule has 0 fully saturated rings. The van der Waals surface area contributed by atoms with Gasteiger partial charge in [0.15, 0.2) is 0 Å². The summed E-state index contributed by atoms with van der Waals surface area (Å²) in [5.41, 5.74) is 0.656. The normalized spacial score (nSPS) is 9.90. The predicted molar refractivity (Wildman–Crippen MR) is 74.2 cm³/mol. The first kappa shape index (κ1) is 16.7. The summed E-state index contributed by atoms with van der Waals surface area (Å²) < 4.78 is 14.5. The van der Waals surface area contributed by atoms with E-state index in [4.69, 9.17) is 4.74 Å². The summed E-state index contributed by atoms with van der Waals surface area (Å²) in [5, 5.41) is 0. The molecule has 8 heteroatoms. The van der Waals surface area contributed by atoms with Crippen molar-refractivity contribution in [3.8, 4) is 5.88 Å². The van der Waals surface area contributed by atoms with Gasteiger partial charge in [-0.05, 0) is 13.8 Å². The van der Waals surface area contributed by atoms with Crippen LogP contribution in [0, 0.1) is 6.92 Å². The van der Waals surface area contributed by atoms with Gasteiger partial charge < -0.3 is 19.1 Å². The standard InChI is InChI=1S/C13H19N3O5/c1-5-21-10-6-9(2)14-13(15-10)16(7-11(17)19-3)8-12(18)20-4/h6H,5,7-8H2,1-4H3. The number of nitrogens with zero attached hydrogens (tertiary/aromatic N) is 3. The predicted octanol–water partition coefficient (Wildman–Crippen LogP) is 0.336. The summed E-state index contributed by atoms with van der Waals surface area (Å²) in [5.74, 6) is -0.446. The molecule has 0 aromatic carbocycles. The molecule has 116 valence electrons. The van der Waals surface area contributed by atoms with Gasteiger partial charge in [0.1, 0.15) is 13.1 Å². The molecule has 0 unspecified atom stereocenters. The number of ether oxygens (including phenoxy) is 3. The number of anilines is 1. The Kier molecular flexibility index (Phi) is 6.38. The molecular formula is C13H19N3O5. The maximum Gasteiger partial charge on any atom is 0.325 e. The van der Waals surface area contributed by atoms with Crippen LogP contribution in [-0.4, -0.2) is 55.8 Å². The lowest BCUT2D eigenvalue weighted by Gasteiger charge is -2.20. The molecule has 0 aliphatic rings. The molecule has 1 aromatic rings. The quantitative estimate of drug-likeness (QED) is 0.665. The molecule has 0 saturated carbocycles. The van der Waals surface area contributed by atoms with Gasteiger partial charge >= 0.3 is 11.9 Å². The highest BCUT2D eigenvalue weighted by atomic mass is 16.5. The fourth-order valence-corrected chi connectivity index (χ4v) is 1.53. The zero-order valence-electron chi connectivity index (χ0n) is 12.6. The van der Waals surface area contributed by atoms with Crippen LogP contribution in [0.2, 0.25) is 0 Å².